The maximum absolute atomic E-state index is 9.50. The van der Waals surface area contributed by atoms with E-state index in [9.17, 15) is 10.4 Å². The van der Waals surface area contributed by atoms with Crippen LogP contribution in [-0.4, -0.2) is 16.7 Å². The maximum atomic E-state index is 9.50. The van der Waals surface area contributed by atoms with Crippen molar-refractivity contribution < 1.29 is 5.11 Å². The fourth-order valence-corrected chi connectivity index (χ4v) is 3.33. The molecule has 0 saturated carbocycles. The van der Waals surface area contributed by atoms with Crippen molar-refractivity contribution in [2.24, 2.45) is 0 Å². The van der Waals surface area contributed by atoms with Gasteiger partial charge < -0.3 is 5.11 Å². The third-order valence-electron chi connectivity index (χ3n) is 3.01. The van der Waals surface area contributed by atoms with Crippen LogP contribution in [0.5, 0.6) is 0 Å². The van der Waals surface area contributed by atoms with Crippen LogP contribution in [0.25, 0.3) is 0 Å². The molecule has 1 aromatic carbocycles. The molecule has 2 atom stereocenters. The minimum atomic E-state index is -0.273. The van der Waals surface area contributed by atoms with Gasteiger partial charge in [0.15, 0.2) is 0 Å². The van der Waals surface area contributed by atoms with Crippen molar-refractivity contribution in [1.29, 1.82) is 5.26 Å². The molecule has 2 rings (SSSR count). The molecule has 1 N–H and O–H groups in total. The fraction of sp³-hybridized carbons (Fsp3) is 0.286. The number of hydrogen-bond donors (Lipinski definition) is 1. The molecule has 0 saturated heterocycles. The zero-order valence-corrected chi connectivity index (χ0v) is 12.6. The monoisotopic (exact) mass is 336 g/mol. The molecule has 2 aromatic rings. The molecule has 1 aromatic heterocycles. The van der Waals surface area contributed by atoms with Crippen molar-refractivity contribution in [1.82, 2.24) is 4.98 Å². The number of nitriles is 1. The van der Waals surface area contributed by atoms with Gasteiger partial charge in [0.25, 0.3) is 0 Å². The Morgan fingerprint density at radius 2 is 2.32 bits per heavy atom. The molecule has 98 valence electrons. The van der Waals surface area contributed by atoms with E-state index in [4.69, 9.17) is 0 Å². The lowest BCUT2D eigenvalue weighted by Crippen LogP contribution is -2.10. The smallest absolute Gasteiger partial charge is 0.0794 e. The van der Waals surface area contributed by atoms with Gasteiger partial charge >= 0.3 is 0 Å². The van der Waals surface area contributed by atoms with Gasteiger partial charge in [-0.3, -0.25) is 4.98 Å². The van der Waals surface area contributed by atoms with Crippen LogP contribution < -0.4 is 0 Å². The molecule has 0 aliphatic heterocycles. The Balaban J connectivity index is 2.36. The Morgan fingerprint density at radius 1 is 1.47 bits per heavy atom. The third-order valence-corrected chi connectivity index (χ3v) is 4.41. The summed E-state index contributed by atoms with van der Waals surface area (Å²) in [4.78, 5) is 5.11. The van der Waals surface area contributed by atoms with Crippen LogP contribution in [0.2, 0.25) is 0 Å². The summed E-state index contributed by atoms with van der Waals surface area (Å²) in [6.45, 7) is 0.0642. The predicted octanol–water partition coefficient (Wildman–Crippen LogP) is 3.68. The minimum absolute atomic E-state index is 0.0169. The number of hydrogen-bond acceptors (Lipinski definition) is 4. The standard InChI is InChI=1S/C14H13BrN2OS/c15-11-3-1-2-10(6-11)13(7-16)12(4-5-18)14-8-17-9-19-14/h1-3,6,8-9,12-13,18H,4-5H2/t12-,13+/m0/s1. The molecule has 19 heavy (non-hydrogen) atoms. The lowest BCUT2D eigenvalue weighted by molar-refractivity contribution is 0.273. The van der Waals surface area contributed by atoms with E-state index >= 15 is 0 Å². The Hall–Kier alpha value is -1.22. The van der Waals surface area contributed by atoms with Crippen molar-refractivity contribution in [2.75, 3.05) is 6.61 Å². The largest absolute Gasteiger partial charge is 0.396 e. The SMILES string of the molecule is N#C[C@H](c1cccc(Br)c1)[C@H](CCO)c1cncs1. The van der Waals surface area contributed by atoms with Gasteiger partial charge in [-0.05, 0) is 24.1 Å². The summed E-state index contributed by atoms with van der Waals surface area (Å²) in [5.41, 5.74) is 2.72. The number of benzene rings is 1. The number of aromatic nitrogens is 1. The fourth-order valence-electron chi connectivity index (χ4n) is 2.12. The highest BCUT2D eigenvalue weighted by Gasteiger charge is 2.25. The van der Waals surface area contributed by atoms with Crippen molar-refractivity contribution in [3.05, 3.63) is 50.9 Å². The lowest BCUT2D eigenvalue weighted by Gasteiger charge is -2.20. The van der Waals surface area contributed by atoms with Gasteiger partial charge in [-0.15, -0.1) is 11.3 Å². The number of thiazole rings is 1. The van der Waals surface area contributed by atoms with E-state index in [1.807, 2.05) is 24.3 Å². The summed E-state index contributed by atoms with van der Waals surface area (Å²) in [5, 5.41) is 18.8. The van der Waals surface area contributed by atoms with Crippen molar-refractivity contribution >= 4 is 27.3 Å². The molecule has 0 unspecified atom stereocenters. The average Bonchev–Trinajstić information content (AvgIpc) is 2.92. The Kier molecular flexibility index (Phi) is 5.08. The number of halogens is 1. The van der Waals surface area contributed by atoms with E-state index < -0.39 is 0 Å². The number of rotatable bonds is 5. The molecular weight excluding hydrogens is 324 g/mol. The first-order chi connectivity index (χ1) is 9.26. The second-order valence-corrected chi connectivity index (χ2v) is 6.02. The molecule has 0 radical (unpaired) electrons. The second-order valence-electron chi connectivity index (χ2n) is 4.18. The van der Waals surface area contributed by atoms with Crippen LogP contribution in [0, 0.1) is 11.3 Å². The highest BCUT2D eigenvalue weighted by atomic mass is 79.9. The van der Waals surface area contributed by atoms with Gasteiger partial charge in [-0.2, -0.15) is 5.26 Å². The Bertz CT molecular complexity index is 565. The van der Waals surface area contributed by atoms with Crippen LogP contribution in [0.4, 0.5) is 0 Å². The molecule has 0 fully saturated rings. The van der Waals surface area contributed by atoms with E-state index in [-0.39, 0.29) is 18.4 Å². The quantitative estimate of drug-likeness (QED) is 0.905. The summed E-state index contributed by atoms with van der Waals surface area (Å²) in [7, 11) is 0. The lowest BCUT2D eigenvalue weighted by atomic mass is 9.84. The molecule has 0 aliphatic carbocycles. The molecule has 0 amide bonds. The summed E-state index contributed by atoms with van der Waals surface area (Å²) >= 11 is 4.96. The minimum Gasteiger partial charge on any atom is -0.396 e. The summed E-state index contributed by atoms with van der Waals surface area (Å²) in [6, 6.07) is 10.1. The normalized spacial score (nSPS) is 13.7. The molecule has 0 bridgehead atoms. The Labute approximate surface area is 124 Å². The van der Waals surface area contributed by atoms with Gasteiger partial charge in [0.1, 0.15) is 0 Å². The van der Waals surface area contributed by atoms with Crippen molar-refractivity contribution in [3.63, 3.8) is 0 Å². The second kappa shape index (κ2) is 6.80. The number of aliphatic hydroxyl groups is 1. The average molecular weight is 337 g/mol. The Morgan fingerprint density at radius 3 is 2.89 bits per heavy atom. The van der Waals surface area contributed by atoms with Gasteiger partial charge in [0.05, 0.1) is 17.5 Å². The van der Waals surface area contributed by atoms with Gasteiger partial charge in [-0.25, -0.2) is 0 Å². The van der Waals surface area contributed by atoms with Crippen LogP contribution in [-0.2, 0) is 0 Å². The molecule has 0 aliphatic rings. The zero-order chi connectivity index (χ0) is 13.7. The van der Waals surface area contributed by atoms with Gasteiger partial charge in [0, 0.05) is 28.1 Å². The first kappa shape index (κ1) is 14.2. The molecular formula is C14H13BrN2OS. The van der Waals surface area contributed by atoms with Crippen LogP contribution in [0.1, 0.15) is 28.7 Å². The van der Waals surface area contributed by atoms with Crippen LogP contribution in [0.3, 0.4) is 0 Å². The van der Waals surface area contributed by atoms with E-state index in [1.54, 1.807) is 11.7 Å². The third kappa shape index (κ3) is 3.41. The molecule has 1 heterocycles. The number of aliphatic hydroxyl groups excluding tert-OH is 1. The topological polar surface area (TPSA) is 56.9 Å². The van der Waals surface area contributed by atoms with Crippen molar-refractivity contribution in [3.8, 4) is 6.07 Å². The van der Waals surface area contributed by atoms with E-state index in [1.165, 1.54) is 11.3 Å². The first-order valence-corrected chi connectivity index (χ1v) is 7.58. The van der Waals surface area contributed by atoms with Crippen molar-refractivity contribution in [2.45, 2.75) is 18.3 Å². The predicted molar refractivity (Wildman–Crippen MR) is 79.1 cm³/mol. The van der Waals surface area contributed by atoms with Crippen LogP contribution in [0.15, 0.2) is 40.4 Å². The van der Waals surface area contributed by atoms with Crippen LogP contribution >= 0.6 is 27.3 Å². The summed E-state index contributed by atoms with van der Waals surface area (Å²) < 4.78 is 0.956. The number of nitrogens with zero attached hydrogens (tertiary/aromatic N) is 2. The van der Waals surface area contributed by atoms with E-state index in [0.29, 0.717) is 6.42 Å². The zero-order valence-electron chi connectivity index (χ0n) is 10.2. The van der Waals surface area contributed by atoms with Gasteiger partial charge in [0.2, 0.25) is 0 Å². The molecule has 0 spiro atoms. The van der Waals surface area contributed by atoms with Gasteiger partial charge in [-0.1, -0.05) is 28.1 Å². The highest BCUT2D eigenvalue weighted by molar-refractivity contribution is 9.10. The van der Waals surface area contributed by atoms with E-state index in [2.05, 4.69) is 27.0 Å². The van der Waals surface area contributed by atoms with E-state index in [0.717, 1.165) is 14.9 Å². The molecule has 5 heteroatoms. The maximum Gasteiger partial charge on any atom is 0.0794 e. The highest BCUT2D eigenvalue weighted by Crippen LogP contribution is 2.37. The summed E-state index contributed by atoms with van der Waals surface area (Å²) in [5.74, 6) is -0.290. The first-order valence-electron chi connectivity index (χ1n) is 5.90. The summed E-state index contributed by atoms with van der Waals surface area (Å²) in [6.07, 6.45) is 2.35. The molecule has 3 nitrogen and oxygen atoms in total.